The first-order chi connectivity index (χ1) is 9.93. The van der Waals surface area contributed by atoms with Gasteiger partial charge in [-0.05, 0) is 17.7 Å². The first-order valence-electron chi connectivity index (χ1n) is 6.87. The molecule has 2 atom stereocenters. The highest BCUT2D eigenvalue weighted by Gasteiger charge is 2.27. The molecule has 0 unspecified atom stereocenters. The Morgan fingerprint density at radius 3 is 2.80 bits per heavy atom. The summed E-state index contributed by atoms with van der Waals surface area (Å²) >= 11 is 0. The largest absolute Gasteiger partial charge is 0.481 e. The summed E-state index contributed by atoms with van der Waals surface area (Å²) in [5, 5.41) is 3.35. The number of hydrogen-bond donors (Lipinski definition) is 1. The van der Waals surface area contributed by atoms with E-state index in [2.05, 4.69) is 22.4 Å². The molecule has 0 bridgehead atoms. The second-order valence-corrected chi connectivity index (χ2v) is 4.75. The Hall–Kier alpha value is -1.91. The average Bonchev–Trinajstić information content (AvgIpc) is 2.55. The lowest BCUT2D eigenvalue weighted by Crippen LogP contribution is -2.43. The van der Waals surface area contributed by atoms with Crippen molar-refractivity contribution >= 4 is 0 Å². The molecule has 1 aliphatic rings. The molecule has 0 aliphatic carbocycles. The molecule has 2 heterocycles. The van der Waals surface area contributed by atoms with E-state index in [1.807, 2.05) is 30.3 Å². The molecular weight excluding hydrogens is 252 g/mol. The van der Waals surface area contributed by atoms with Gasteiger partial charge >= 0.3 is 0 Å². The fraction of sp³-hybridized carbons (Fsp3) is 0.312. The minimum atomic E-state index is -0.131. The summed E-state index contributed by atoms with van der Waals surface area (Å²) in [6.45, 7) is 2.40. The molecule has 1 saturated heterocycles. The van der Waals surface area contributed by atoms with Crippen LogP contribution >= 0.6 is 0 Å². The van der Waals surface area contributed by atoms with E-state index in [4.69, 9.17) is 9.47 Å². The molecule has 0 amide bonds. The van der Waals surface area contributed by atoms with E-state index in [0.717, 1.165) is 24.4 Å². The Kier molecular flexibility index (Phi) is 4.25. The summed E-state index contributed by atoms with van der Waals surface area (Å²) in [4.78, 5) is 4.10. The molecule has 1 aromatic carbocycles. The Morgan fingerprint density at radius 2 is 2.10 bits per heavy atom. The molecule has 1 aromatic heterocycles. The van der Waals surface area contributed by atoms with Gasteiger partial charge in [0.15, 0.2) is 6.10 Å². The highest BCUT2D eigenvalue weighted by atomic mass is 16.5. The van der Waals surface area contributed by atoms with Crippen LogP contribution in [0.4, 0.5) is 0 Å². The van der Waals surface area contributed by atoms with Crippen molar-refractivity contribution in [3.63, 3.8) is 0 Å². The summed E-state index contributed by atoms with van der Waals surface area (Å²) in [5.41, 5.74) is 1.12. The van der Waals surface area contributed by atoms with E-state index in [9.17, 15) is 0 Å². The number of ether oxygens (including phenoxy) is 2. The van der Waals surface area contributed by atoms with Crippen LogP contribution in [-0.4, -0.2) is 30.8 Å². The van der Waals surface area contributed by atoms with Gasteiger partial charge in [0.1, 0.15) is 11.9 Å². The van der Waals surface area contributed by atoms with Crippen molar-refractivity contribution in [3.8, 4) is 5.75 Å². The van der Waals surface area contributed by atoms with Gasteiger partial charge in [0.05, 0.1) is 12.8 Å². The van der Waals surface area contributed by atoms with Crippen LogP contribution < -0.4 is 10.1 Å². The number of benzene rings is 1. The lowest BCUT2D eigenvalue weighted by Gasteiger charge is -2.31. The second kappa shape index (κ2) is 6.50. The molecule has 1 aliphatic heterocycles. The van der Waals surface area contributed by atoms with Gasteiger partial charge in [0.25, 0.3) is 0 Å². The Balaban J connectivity index is 1.83. The van der Waals surface area contributed by atoms with Gasteiger partial charge in [-0.15, -0.1) is 0 Å². The van der Waals surface area contributed by atoms with Crippen LogP contribution in [0.25, 0.3) is 0 Å². The van der Waals surface area contributed by atoms with E-state index in [-0.39, 0.29) is 12.2 Å². The van der Waals surface area contributed by atoms with Crippen LogP contribution in [0, 0.1) is 0 Å². The van der Waals surface area contributed by atoms with Crippen molar-refractivity contribution in [2.24, 2.45) is 0 Å². The number of morpholine rings is 1. The molecule has 4 nitrogen and oxygen atoms in total. The van der Waals surface area contributed by atoms with Crippen LogP contribution in [0.5, 0.6) is 5.75 Å². The Morgan fingerprint density at radius 1 is 1.20 bits per heavy atom. The standard InChI is InChI=1S/C16H18N2O2/c1-2-5-13(6-3-1)16(15-12-18-9-10-19-15)20-14-7-4-8-17-11-14/h1-8,11,15-16,18H,9-10,12H2/t15-,16-/m0/s1. The zero-order chi connectivity index (χ0) is 13.6. The van der Waals surface area contributed by atoms with E-state index >= 15 is 0 Å². The molecule has 20 heavy (non-hydrogen) atoms. The summed E-state index contributed by atoms with van der Waals surface area (Å²) in [6, 6.07) is 14.0. The lowest BCUT2D eigenvalue weighted by atomic mass is 10.0. The Labute approximate surface area is 118 Å². The summed E-state index contributed by atoms with van der Waals surface area (Å²) < 4.78 is 12.0. The van der Waals surface area contributed by atoms with Crippen LogP contribution in [-0.2, 0) is 4.74 Å². The quantitative estimate of drug-likeness (QED) is 0.925. The van der Waals surface area contributed by atoms with Gasteiger partial charge in [-0.1, -0.05) is 30.3 Å². The number of nitrogens with one attached hydrogen (secondary N) is 1. The fourth-order valence-corrected chi connectivity index (χ4v) is 2.34. The van der Waals surface area contributed by atoms with Crippen molar-refractivity contribution in [2.45, 2.75) is 12.2 Å². The molecule has 1 fully saturated rings. The van der Waals surface area contributed by atoms with E-state index in [1.165, 1.54) is 0 Å². The first-order valence-corrected chi connectivity index (χ1v) is 6.87. The normalized spacial score (nSPS) is 20.3. The minimum Gasteiger partial charge on any atom is -0.481 e. The smallest absolute Gasteiger partial charge is 0.151 e. The maximum absolute atomic E-state index is 6.11. The molecular formula is C16H18N2O2. The number of pyridine rings is 1. The molecule has 1 N–H and O–H groups in total. The SMILES string of the molecule is c1ccc([C@H](Oc2cccnc2)[C@@H]2CNCCO2)cc1. The third-order valence-corrected chi connectivity index (χ3v) is 3.32. The number of rotatable bonds is 4. The molecule has 0 radical (unpaired) electrons. The topological polar surface area (TPSA) is 43.4 Å². The molecule has 0 spiro atoms. The van der Waals surface area contributed by atoms with Gasteiger partial charge in [-0.3, -0.25) is 4.98 Å². The van der Waals surface area contributed by atoms with E-state index in [0.29, 0.717) is 6.61 Å². The molecule has 4 heteroatoms. The highest BCUT2D eigenvalue weighted by Crippen LogP contribution is 2.26. The van der Waals surface area contributed by atoms with Gasteiger partial charge in [0, 0.05) is 19.3 Å². The van der Waals surface area contributed by atoms with E-state index < -0.39 is 0 Å². The van der Waals surface area contributed by atoms with Crippen LogP contribution in [0.15, 0.2) is 54.9 Å². The Bertz CT molecular complexity index is 513. The average molecular weight is 270 g/mol. The zero-order valence-electron chi connectivity index (χ0n) is 11.2. The van der Waals surface area contributed by atoms with Crippen LogP contribution in [0.1, 0.15) is 11.7 Å². The van der Waals surface area contributed by atoms with Crippen molar-refractivity contribution in [1.29, 1.82) is 0 Å². The van der Waals surface area contributed by atoms with Crippen molar-refractivity contribution in [2.75, 3.05) is 19.7 Å². The van der Waals surface area contributed by atoms with Crippen molar-refractivity contribution < 1.29 is 9.47 Å². The van der Waals surface area contributed by atoms with Gasteiger partial charge in [0.2, 0.25) is 0 Å². The monoisotopic (exact) mass is 270 g/mol. The maximum Gasteiger partial charge on any atom is 0.151 e. The number of hydrogen-bond acceptors (Lipinski definition) is 4. The first kappa shape index (κ1) is 13.1. The minimum absolute atomic E-state index is 0.00589. The number of aromatic nitrogens is 1. The zero-order valence-corrected chi connectivity index (χ0v) is 11.2. The molecule has 2 aromatic rings. The number of nitrogens with zero attached hydrogens (tertiary/aromatic N) is 1. The van der Waals surface area contributed by atoms with Gasteiger partial charge in [-0.2, -0.15) is 0 Å². The van der Waals surface area contributed by atoms with Crippen molar-refractivity contribution in [1.82, 2.24) is 10.3 Å². The summed E-state index contributed by atoms with van der Waals surface area (Å²) in [5.74, 6) is 0.760. The van der Waals surface area contributed by atoms with Crippen LogP contribution in [0.2, 0.25) is 0 Å². The van der Waals surface area contributed by atoms with Crippen LogP contribution in [0.3, 0.4) is 0 Å². The summed E-state index contributed by atoms with van der Waals surface area (Å²) in [7, 11) is 0. The highest BCUT2D eigenvalue weighted by molar-refractivity contribution is 5.23. The summed E-state index contributed by atoms with van der Waals surface area (Å²) in [6.07, 6.45) is 3.34. The van der Waals surface area contributed by atoms with Crippen molar-refractivity contribution in [3.05, 3.63) is 60.4 Å². The fourth-order valence-electron chi connectivity index (χ4n) is 2.34. The second-order valence-electron chi connectivity index (χ2n) is 4.75. The maximum atomic E-state index is 6.11. The lowest BCUT2D eigenvalue weighted by molar-refractivity contribution is -0.0433. The molecule has 0 saturated carbocycles. The van der Waals surface area contributed by atoms with Gasteiger partial charge in [-0.25, -0.2) is 0 Å². The predicted molar refractivity (Wildman–Crippen MR) is 76.7 cm³/mol. The van der Waals surface area contributed by atoms with E-state index in [1.54, 1.807) is 12.4 Å². The molecule has 104 valence electrons. The third kappa shape index (κ3) is 3.15. The third-order valence-electron chi connectivity index (χ3n) is 3.32. The van der Waals surface area contributed by atoms with Gasteiger partial charge < -0.3 is 14.8 Å². The predicted octanol–water partition coefficient (Wildman–Crippen LogP) is 2.19. The molecule has 3 rings (SSSR count).